The summed E-state index contributed by atoms with van der Waals surface area (Å²) in [5.74, 6) is 0.238. The van der Waals surface area contributed by atoms with Crippen LogP contribution >= 0.6 is 11.3 Å². The molecule has 2 heterocycles. The number of halogens is 3. The Morgan fingerprint density at radius 2 is 2.18 bits per heavy atom. The van der Waals surface area contributed by atoms with Crippen LogP contribution in [0, 0.1) is 6.92 Å². The summed E-state index contributed by atoms with van der Waals surface area (Å²) in [6.45, 7) is 1.70. The Labute approximate surface area is 98.5 Å². The van der Waals surface area contributed by atoms with E-state index in [1.165, 1.54) is 6.26 Å². The summed E-state index contributed by atoms with van der Waals surface area (Å²) in [6, 6.07) is 1.63. The molecule has 0 aliphatic heterocycles. The van der Waals surface area contributed by atoms with Crippen molar-refractivity contribution in [1.29, 1.82) is 0 Å². The predicted molar refractivity (Wildman–Crippen MR) is 54.6 cm³/mol. The van der Waals surface area contributed by atoms with Gasteiger partial charge in [-0.2, -0.15) is 13.2 Å². The molecular weight excluding hydrogens is 255 g/mol. The second-order valence-electron chi connectivity index (χ2n) is 3.44. The van der Waals surface area contributed by atoms with Gasteiger partial charge in [-0.3, -0.25) is 0 Å². The normalized spacial score (nSPS) is 13.9. The van der Waals surface area contributed by atoms with Crippen molar-refractivity contribution in [2.45, 2.75) is 19.2 Å². The van der Waals surface area contributed by atoms with E-state index in [-0.39, 0.29) is 10.6 Å². The second kappa shape index (κ2) is 4.15. The average molecular weight is 263 g/mol. The van der Waals surface area contributed by atoms with Crippen molar-refractivity contribution >= 4 is 11.3 Å². The Hall–Kier alpha value is -1.34. The van der Waals surface area contributed by atoms with Crippen LogP contribution in [0.1, 0.15) is 27.3 Å². The summed E-state index contributed by atoms with van der Waals surface area (Å²) in [4.78, 5) is 3.35. The Kier molecular flexibility index (Phi) is 2.96. The molecule has 1 N–H and O–H groups in total. The number of alkyl halides is 3. The van der Waals surface area contributed by atoms with Crippen LogP contribution in [-0.2, 0) is 6.18 Å². The van der Waals surface area contributed by atoms with Crippen molar-refractivity contribution in [2.24, 2.45) is 0 Å². The van der Waals surface area contributed by atoms with Gasteiger partial charge in [0.1, 0.15) is 11.9 Å². The zero-order chi connectivity index (χ0) is 12.6. The first-order valence-corrected chi connectivity index (χ1v) is 5.46. The molecule has 0 aliphatic carbocycles. The van der Waals surface area contributed by atoms with Crippen LogP contribution in [0.3, 0.4) is 0 Å². The maximum atomic E-state index is 12.3. The van der Waals surface area contributed by atoms with E-state index in [1.807, 2.05) is 0 Å². The highest BCUT2D eigenvalue weighted by molar-refractivity contribution is 7.11. The number of thiazole rings is 1. The molecule has 1 unspecified atom stereocenters. The van der Waals surface area contributed by atoms with Crippen LogP contribution in [0.5, 0.6) is 0 Å². The lowest BCUT2D eigenvalue weighted by molar-refractivity contribution is -0.137. The maximum Gasteiger partial charge on any atom is 0.443 e. The van der Waals surface area contributed by atoms with Crippen molar-refractivity contribution in [3.05, 3.63) is 39.7 Å². The number of furan rings is 1. The fourth-order valence-corrected chi connectivity index (χ4v) is 2.11. The molecule has 92 valence electrons. The second-order valence-corrected chi connectivity index (χ2v) is 4.50. The molecule has 0 saturated carbocycles. The number of aromatic nitrogens is 1. The molecule has 2 aromatic heterocycles. The van der Waals surface area contributed by atoms with Gasteiger partial charge in [-0.15, -0.1) is 11.3 Å². The van der Waals surface area contributed by atoms with E-state index in [9.17, 15) is 18.3 Å². The topological polar surface area (TPSA) is 46.3 Å². The summed E-state index contributed by atoms with van der Waals surface area (Å²) >= 11 is 0.409. The van der Waals surface area contributed by atoms with E-state index in [0.29, 0.717) is 16.9 Å². The molecule has 0 aromatic carbocycles. The molecule has 0 fully saturated rings. The molecule has 2 rings (SSSR count). The smallest absolute Gasteiger partial charge is 0.443 e. The molecule has 3 nitrogen and oxygen atoms in total. The summed E-state index contributed by atoms with van der Waals surface area (Å²) in [5, 5.41) is 8.87. The fraction of sp³-hybridized carbons (Fsp3) is 0.300. The first-order valence-electron chi connectivity index (χ1n) is 4.64. The number of aryl methyl sites for hydroxylation is 1. The van der Waals surface area contributed by atoms with E-state index in [1.54, 1.807) is 13.0 Å². The molecule has 0 radical (unpaired) electrons. The molecule has 2 aromatic rings. The molecule has 0 aliphatic rings. The van der Waals surface area contributed by atoms with E-state index in [0.717, 1.165) is 6.20 Å². The summed E-state index contributed by atoms with van der Waals surface area (Å²) in [7, 11) is 0. The maximum absolute atomic E-state index is 12.3. The van der Waals surface area contributed by atoms with Crippen LogP contribution in [0.25, 0.3) is 0 Å². The van der Waals surface area contributed by atoms with Gasteiger partial charge in [-0.05, 0) is 18.6 Å². The van der Waals surface area contributed by atoms with Crippen LogP contribution in [0.4, 0.5) is 13.2 Å². The highest BCUT2D eigenvalue weighted by Crippen LogP contribution is 2.36. The van der Waals surface area contributed by atoms with E-state index in [4.69, 9.17) is 4.42 Å². The number of hydrogen-bond acceptors (Lipinski definition) is 4. The third kappa shape index (κ3) is 2.34. The first kappa shape index (κ1) is 12.1. The van der Waals surface area contributed by atoms with E-state index < -0.39 is 17.3 Å². The third-order valence-electron chi connectivity index (χ3n) is 2.19. The molecule has 0 spiro atoms. The minimum absolute atomic E-state index is 0.107. The molecule has 0 bridgehead atoms. The lowest BCUT2D eigenvalue weighted by atomic mass is 10.2. The summed E-state index contributed by atoms with van der Waals surface area (Å²) in [5.41, 5.74) is 0.680. The Bertz CT molecular complexity index is 518. The number of nitrogens with zero attached hydrogens (tertiary/aromatic N) is 1. The fourth-order valence-electron chi connectivity index (χ4n) is 1.34. The van der Waals surface area contributed by atoms with Gasteiger partial charge in [0.25, 0.3) is 0 Å². The zero-order valence-corrected chi connectivity index (χ0v) is 9.47. The quantitative estimate of drug-likeness (QED) is 0.905. The van der Waals surface area contributed by atoms with Gasteiger partial charge < -0.3 is 9.52 Å². The summed E-state index contributed by atoms with van der Waals surface area (Å²) < 4.78 is 42.0. The first-order chi connectivity index (χ1) is 7.89. The van der Waals surface area contributed by atoms with Gasteiger partial charge in [-0.25, -0.2) is 4.98 Å². The van der Waals surface area contributed by atoms with Crippen molar-refractivity contribution in [3.8, 4) is 0 Å². The van der Waals surface area contributed by atoms with Crippen LogP contribution in [0.2, 0.25) is 0 Å². The lowest BCUT2D eigenvalue weighted by Crippen LogP contribution is -2.03. The molecule has 1 atom stereocenters. The standard InChI is InChI=1S/C10H8F3NO2S/c1-5-2-3-16-8(5)7(15)6-4-14-9(17-6)10(11,12)13/h2-4,7,15H,1H3. The predicted octanol–water partition coefficient (Wildman–Crippen LogP) is 3.15. The molecule has 7 heteroatoms. The van der Waals surface area contributed by atoms with Gasteiger partial charge in [0, 0.05) is 6.20 Å². The monoisotopic (exact) mass is 263 g/mol. The van der Waals surface area contributed by atoms with Crippen LogP contribution in [-0.4, -0.2) is 10.1 Å². The van der Waals surface area contributed by atoms with Crippen molar-refractivity contribution in [1.82, 2.24) is 4.98 Å². The van der Waals surface area contributed by atoms with E-state index in [2.05, 4.69) is 4.98 Å². The SMILES string of the molecule is Cc1ccoc1C(O)c1cnc(C(F)(F)F)s1. The van der Waals surface area contributed by atoms with E-state index >= 15 is 0 Å². The largest absolute Gasteiger partial charge is 0.466 e. The number of hydrogen-bond donors (Lipinski definition) is 1. The number of rotatable bonds is 2. The van der Waals surface area contributed by atoms with Gasteiger partial charge in [0.2, 0.25) is 0 Å². The Morgan fingerprint density at radius 3 is 2.65 bits per heavy atom. The molecule has 0 amide bonds. The Balaban J connectivity index is 2.30. The number of aliphatic hydroxyl groups excluding tert-OH is 1. The Morgan fingerprint density at radius 1 is 1.47 bits per heavy atom. The minimum atomic E-state index is -4.49. The highest BCUT2D eigenvalue weighted by Gasteiger charge is 2.35. The third-order valence-corrected chi connectivity index (χ3v) is 3.28. The molecule has 0 saturated heterocycles. The summed E-state index contributed by atoms with van der Waals surface area (Å²) in [6.07, 6.45) is -3.31. The molecule has 17 heavy (non-hydrogen) atoms. The zero-order valence-electron chi connectivity index (χ0n) is 8.65. The van der Waals surface area contributed by atoms with Crippen LogP contribution < -0.4 is 0 Å². The van der Waals surface area contributed by atoms with Crippen molar-refractivity contribution in [2.75, 3.05) is 0 Å². The van der Waals surface area contributed by atoms with Gasteiger partial charge >= 0.3 is 6.18 Å². The van der Waals surface area contributed by atoms with Crippen molar-refractivity contribution in [3.63, 3.8) is 0 Å². The van der Waals surface area contributed by atoms with Crippen LogP contribution in [0.15, 0.2) is 22.9 Å². The highest BCUT2D eigenvalue weighted by atomic mass is 32.1. The minimum Gasteiger partial charge on any atom is -0.466 e. The van der Waals surface area contributed by atoms with Crippen molar-refractivity contribution < 1.29 is 22.7 Å². The average Bonchev–Trinajstić information content (AvgIpc) is 2.83. The lowest BCUT2D eigenvalue weighted by Gasteiger charge is -2.05. The van der Waals surface area contributed by atoms with Gasteiger partial charge in [0.05, 0.1) is 11.1 Å². The van der Waals surface area contributed by atoms with Gasteiger partial charge in [0.15, 0.2) is 5.01 Å². The molecular formula is C10H8F3NO2S. The van der Waals surface area contributed by atoms with Gasteiger partial charge in [-0.1, -0.05) is 0 Å². The number of aliphatic hydroxyl groups is 1.